The molecule has 0 aliphatic carbocycles. The second-order valence-electron chi connectivity index (χ2n) is 5.40. The molecule has 0 radical (unpaired) electrons. The standard InChI is InChI=1S/C18H16ClN5O2/c1-12-17(21-18(25)24-22-12)23-20-10-13-5-4-7-15(9-13)26-11-14-6-2-3-8-16(14)19/h2-10H,11H2,1H3,(H2,21,23,24,25)/b20-10+. The molecule has 3 rings (SSSR count). The number of anilines is 1. The summed E-state index contributed by atoms with van der Waals surface area (Å²) in [4.78, 5) is 14.9. The summed E-state index contributed by atoms with van der Waals surface area (Å²) in [5, 5.41) is 10.8. The molecule has 2 N–H and O–H groups in total. The Kier molecular flexibility index (Phi) is 5.60. The van der Waals surface area contributed by atoms with Crippen molar-refractivity contribution in [1.82, 2.24) is 15.2 Å². The van der Waals surface area contributed by atoms with Gasteiger partial charge in [0.05, 0.1) is 6.21 Å². The number of halogens is 1. The van der Waals surface area contributed by atoms with Crippen LogP contribution in [0.2, 0.25) is 5.02 Å². The lowest BCUT2D eigenvalue weighted by Gasteiger charge is -2.08. The Hall–Kier alpha value is -3.19. The van der Waals surface area contributed by atoms with Gasteiger partial charge in [-0.25, -0.2) is 9.89 Å². The summed E-state index contributed by atoms with van der Waals surface area (Å²) >= 11 is 6.13. The van der Waals surface area contributed by atoms with Crippen LogP contribution in [0.4, 0.5) is 5.82 Å². The van der Waals surface area contributed by atoms with E-state index in [0.717, 1.165) is 11.1 Å². The molecule has 2 aromatic carbocycles. The van der Waals surface area contributed by atoms with Gasteiger partial charge in [0.1, 0.15) is 18.1 Å². The molecule has 0 spiro atoms. The predicted octanol–water partition coefficient (Wildman–Crippen LogP) is 3.15. The fourth-order valence-corrected chi connectivity index (χ4v) is 2.32. The molecule has 0 aliphatic rings. The highest BCUT2D eigenvalue weighted by molar-refractivity contribution is 6.31. The number of rotatable bonds is 6. The molecule has 1 heterocycles. The van der Waals surface area contributed by atoms with Crippen LogP contribution in [0.25, 0.3) is 0 Å². The zero-order valence-corrected chi connectivity index (χ0v) is 14.7. The van der Waals surface area contributed by atoms with Crippen LogP contribution >= 0.6 is 11.6 Å². The van der Waals surface area contributed by atoms with Gasteiger partial charge in [-0.05, 0) is 30.7 Å². The van der Waals surface area contributed by atoms with E-state index in [1.54, 1.807) is 13.1 Å². The van der Waals surface area contributed by atoms with Gasteiger partial charge in [0.25, 0.3) is 0 Å². The SMILES string of the molecule is Cc1n[nH]c(=O)nc1N/N=C/c1cccc(OCc2ccccc2Cl)c1. The third kappa shape index (κ3) is 4.67. The summed E-state index contributed by atoms with van der Waals surface area (Å²) in [6.45, 7) is 2.09. The number of aromatic amines is 1. The Labute approximate surface area is 154 Å². The van der Waals surface area contributed by atoms with E-state index in [-0.39, 0.29) is 0 Å². The summed E-state index contributed by atoms with van der Waals surface area (Å²) in [5.41, 5.74) is 4.45. The lowest BCUT2D eigenvalue weighted by atomic mass is 10.2. The van der Waals surface area contributed by atoms with Gasteiger partial charge in [-0.2, -0.15) is 15.2 Å². The highest BCUT2D eigenvalue weighted by atomic mass is 35.5. The Morgan fingerprint density at radius 2 is 2.12 bits per heavy atom. The van der Waals surface area contributed by atoms with E-state index in [9.17, 15) is 4.79 Å². The molecule has 0 amide bonds. The molecule has 26 heavy (non-hydrogen) atoms. The van der Waals surface area contributed by atoms with E-state index in [0.29, 0.717) is 28.9 Å². The number of aryl methyl sites for hydroxylation is 1. The van der Waals surface area contributed by atoms with Crippen LogP contribution in [0.3, 0.4) is 0 Å². The third-order valence-corrected chi connectivity index (χ3v) is 3.84. The van der Waals surface area contributed by atoms with Gasteiger partial charge in [0.2, 0.25) is 0 Å². The molecule has 8 heteroatoms. The van der Waals surface area contributed by atoms with Crippen LogP contribution in [0.5, 0.6) is 5.75 Å². The van der Waals surface area contributed by atoms with E-state index in [2.05, 4.69) is 25.7 Å². The molecule has 132 valence electrons. The summed E-state index contributed by atoms with van der Waals surface area (Å²) in [5.74, 6) is 0.997. The Morgan fingerprint density at radius 3 is 2.96 bits per heavy atom. The Bertz CT molecular complexity index is 987. The molecule has 0 saturated carbocycles. The lowest BCUT2D eigenvalue weighted by molar-refractivity contribution is 0.306. The molecule has 0 bridgehead atoms. The topological polar surface area (TPSA) is 92.3 Å². The fourth-order valence-electron chi connectivity index (χ4n) is 2.13. The van der Waals surface area contributed by atoms with E-state index >= 15 is 0 Å². The number of hydrogen-bond donors (Lipinski definition) is 2. The number of nitrogens with zero attached hydrogens (tertiary/aromatic N) is 3. The van der Waals surface area contributed by atoms with Crippen LogP contribution < -0.4 is 15.9 Å². The number of nitrogens with one attached hydrogen (secondary N) is 2. The van der Waals surface area contributed by atoms with Gasteiger partial charge in [-0.3, -0.25) is 5.43 Å². The molecule has 0 aliphatic heterocycles. The average molecular weight is 370 g/mol. The number of hydrazone groups is 1. The normalized spacial score (nSPS) is 10.8. The van der Waals surface area contributed by atoms with E-state index in [4.69, 9.17) is 16.3 Å². The zero-order chi connectivity index (χ0) is 18.4. The quantitative estimate of drug-likeness (QED) is 0.514. The summed E-state index contributed by atoms with van der Waals surface area (Å²) in [7, 11) is 0. The van der Waals surface area contributed by atoms with Crippen LogP contribution in [-0.2, 0) is 6.61 Å². The molecule has 0 atom stereocenters. The molecule has 0 saturated heterocycles. The van der Waals surface area contributed by atoms with Crippen molar-refractivity contribution in [3.05, 3.63) is 80.9 Å². The van der Waals surface area contributed by atoms with Gasteiger partial charge in [-0.15, -0.1) is 0 Å². The summed E-state index contributed by atoms with van der Waals surface area (Å²) < 4.78 is 5.78. The number of ether oxygens (including phenoxy) is 1. The van der Waals surface area contributed by atoms with Crippen molar-refractivity contribution < 1.29 is 4.74 Å². The van der Waals surface area contributed by atoms with Crippen LogP contribution in [0.15, 0.2) is 58.4 Å². The highest BCUT2D eigenvalue weighted by Gasteiger charge is 2.02. The maximum absolute atomic E-state index is 11.2. The van der Waals surface area contributed by atoms with Gasteiger partial charge in [-0.1, -0.05) is 41.9 Å². The minimum absolute atomic E-state index is 0.302. The van der Waals surface area contributed by atoms with Gasteiger partial charge < -0.3 is 4.74 Å². The smallest absolute Gasteiger partial charge is 0.363 e. The molecule has 0 fully saturated rings. The van der Waals surface area contributed by atoms with Gasteiger partial charge >= 0.3 is 5.69 Å². The molecular formula is C18H16ClN5O2. The van der Waals surface area contributed by atoms with Crippen molar-refractivity contribution in [3.8, 4) is 5.75 Å². The second kappa shape index (κ2) is 8.26. The van der Waals surface area contributed by atoms with E-state index in [1.165, 1.54) is 0 Å². The van der Waals surface area contributed by atoms with Crippen molar-refractivity contribution in [2.24, 2.45) is 5.10 Å². The van der Waals surface area contributed by atoms with E-state index < -0.39 is 5.69 Å². The summed E-state index contributed by atoms with van der Waals surface area (Å²) in [6, 6.07) is 15.0. The Morgan fingerprint density at radius 1 is 1.27 bits per heavy atom. The first-order valence-electron chi connectivity index (χ1n) is 7.80. The van der Waals surface area contributed by atoms with Crippen molar-refractivity contribution >= 4 is 23.6 Å². The number of benzene rings is 2. The van der Waals surface area contributed by atoms with Gasteiger partial charge in [0, 0.05) is 10.6 Å². The number of H-pyrrole nitrogens is 1. The molecule has 3 aromatic rings. The molecule has 0 unspecified atom stereocenters. The monoisotopic (exact) mass is 369 g/mol. The number of hydrogen-bond acceptors (Lipinski definition) is 6. The summed E-state index contributed by atoms with van der Waals surface area (Å²) in [6.07, 6.45) is 1.60. The first kappa shape index (κ1) is 17.6. The van der Waals surface area contributed by atoms with Crippen molar-refractivity contribution in [3.63, 3.8) is 0 Å². The minimum atomic E-state index is -0.539. The lowest BCUT2D eigenvalue weighted by Crippen LogP contribution is -2.15. The largest absolute Gasteiger partial charge is 0.489 e. The molecular weight excluding hydrogens is 354 g/mol. The molecule has 7 nitrogen and oxygen atoms in total. The highest BCUT2D eigenvalue weighted by Crippen LogP contribution is 2.19. The number of aromatic nitrogens is 3. The van der Waals surface area contributed by atoms with E-state index in [1.807, 2.05) is 48.5 Å². The maximum atomic E-state index is 11.2. The van der Waals surface area contributed by atoms with Crippen molar-refractivity contribution in [2.45, 2.75) is 13.5 Å². The minimum Gasteiger partial charge on any atom is -0.489 e. The van der Waals surface area contributed by atoms with Crippen LogP contribution in [0, 0.1) is 6.92 Å². The average Bonchev–Trinajstić information content (AvgIpc) is 2.64. The van der Waals surface area contributed by atoms with Gasteiger partial charge in [0.15, 0.2) is 5.82 Å². The maximum Gasteiger partial charge on any atom is 0.363 e. The van der Waals surface area contributed by atoms with Crippen LogP contribution in [0.1, 0.15) is 16.8 Å². The molecule has 1 aromatic heterocycles. The zero-order valence-electron chi connectivity index (χ0n) is 13.9. The van der Waals surface area contributed by atoms with Crippen molar-refractivity contribution in [1.29, 1.82) is 0 Å². The van der Waals surface area contributed by atoms with Crippen molar-refractivity contribution in [2.75, 3.05) is 5.43 Å². The Balaban J connectivity index is 1.64. The third-order valence-electron chi connectivity index (χ3n) is 3.47. The predicted molar refractivity (Wildman–Crippen MR) is 101 cm³/mol. The first-order valence-corrected chi connectivity index (χ1v) is 8.18. The van der Waals surface area contributed by atoms with Crippen LogP contribution in [-0.4, -0.2) is 21.4 Å². The first-order chi connectivity index (χ1) is 12.6. The fraction of sp³-hybridized carbons (Fsp3) is 0.111. The second-order valence-corrected chi connectivity index (χ2v) is 5.80.